The Morgan fingerprint density at radius 1 is 1.06 bits per heavy atom. The van der Waals surface area contributed by atoms with E-state index < -0.39 is 5.41 Å². The predicted octanol–water partition coefficient (Wildman–Crippen LogP) is 5.71. The van der Waals surface area contributed by atoms with Crippen LogP contribution in [0.5, 0.6) is 5.75 Å². The molecule has 174 valence electrons. The number of amides is 2. The number of piperidine rings is 1. The maximum atomic E-state index is 13.8. The molecule has 1 aliphatic heterocycles. The molecule has 4 atom stereocenters. The largest absolute Gasteiger partial charge is 0.508 e. The second-order valence-electron chi connectivity index (χ2n) is 11.7. The van der Waals surface area contributed by atoms with E-state index in [0.29, 0.717) is 30.6 Å². The van der Waals surface area contributed by atoms with Gasteiger partial charge in [0.2, 0.25) is 11.8 Å². The first-order valence-corrected chi connectivity index (χ1v) is 12.3. The van der Waals surface area contributed by atoms with Crippen molar-refractivity contribution in [1.29, 1.82) is 0 Å². The zero-order valence-corrected chi connectivity index (χ0v) is 20.2. The molecule has 1 saturated carbocycles. The van der Waals surface area contributed by atoms with Gasteiger partial charge in [-0.1, -0.05) is 58.0 Å². The minimum atomic E-state index is -0.477. The number of likely N-dealkylation sites (tertiary alicyclic amines) is 1. The maximum absolute atomic E-state index is 13.8. The lowest BCUT2D eigenvalue weighted by molar-refractivity contribution is -0.168. The number of imide groups is 1. The van der Waals surface area contributed by atoms with E-state index in [9.17, 15) is 14.7 Å². The second-order valence-corrected chi connectivity index (χ2v) is 11.7. The molecule has 2 amide bonds. The van der Waals surface area contributed by atoms with Crippen LogP contribution in [0.3, 0.4) is 0 Å². The number of hydrogen-bond donors (Lipinski definition) is 1. The van der Waals surface area contributed by atoms with E-state index in [4.69, 9.17) is 0 Å². The molecule has 0 bridgehead atoms. The first kappa shape index (κ1) is 22.2. The second kappa shape index (κ2) is 7.72. The summed E-state index contributed by atoms with van der Waals surface area (Å²) in [5.41, 5.74) is 4.40. The van der Waals surface area contributed by atoms with Crippen LogP contribution in [0.15, 0.2) is 42.5 Å². The van der Waals surface area contributed by atoms with E-state index >= 15 is 0 Å². The highest BCUT2D eigenvalue weighted by Gasteiger charge is 2.57. The van der Waals surface area contributed by atoms with Crippen LogP contribution in [-0.2, 0) is 28.0 Å². The Morgan fingerprint density at radius 2 is 1.79 bits per heavy atom. The Bertz CT molecular complexity index is 1100. The van der Waals surface area contributed by atoms with Crippen molar-refractivity contribution >= 4 is 11.8 Å². The lowest BCUT2D eigenvalue weighted by atomic mass is 9.52. The van der Waals surface area contributed by atoms with Crippen LogP contribution in [0, 0.1) is 17.3 Å². The number of carbonyl (C=O) groups is 2. The monoisotopic (exact) mass is 445 g/mol. The van der Waals surface area contributed by atoms with Crippen molar-refractivity contribution < 1.29 is 14.7 Å². The van der Waals surface area contributed by atoms with Gasteiger partial charge in [0, 0.05) is 6.42 Å². The minimum Gasteiger partial charge on any atom is -0.508 e. The fourth-order valence-electron chi connectivity index (χ4n) is 6.70. The zero-order chi connectivity index (χ0) is 23.5. The van der Waals surface area contributed by atoms with E-state index in [2.05, 4.69) is 58.0 Å². The third-order valence-corrected chi connectivity index (χ3v) is 8.69. The van der Waals surface area contributed by atoms with Gasteiger partial charge in [-0.3, -0.25) is 14.5 Å². The molecule has 1 heterocycles. The molecular weight excluding hydrogens is 410 g/mol. The minimum absolute atomic E-state index is 0.0126. The third-order valence-electron chi connectivity index (χ3n) is 8.69. The normalized spacial score (nSPS) is 29.3. The molecule has 0 radical (unpaired) electrons. The Hall–Kier alpha value is -2.62. The van der Waals surface area contributed by atoms with Crippen LogP contribution in [0.4, 0.5) is 0 Å². The number of fused-ring (bicyclic) bond motifs is 5. The molecule has 2 fully saturated rings. The zero-order valence-electron chi connectivity index (χ0n) is 20.2. The highest BCUT2D eigenvalue weighted by atomic mass is 16.3. The van der Waals surface area contributed by atoms with E-state index in [0.717, 1.165) is 31.2 Å². The fraction of sp³-hybridized carbons (Fsp3) is 0.517. The standard InChI is InChI=1S/C29H35NO3/c1-28(2,3)20-8-5-18(6-9-20)17-30-26(32)16-25-24-11-7-19-15-21(31)10-12-22(19)23(24)13-14-29(25,4)27(30)33/h5-6,8-10,12,15,23-25,31H,7,11,13-14,16-17H2,1-4H3/t23?,24?,25?,29-/m0/s1. The van der Waals surface area contributed by atoms with Gasteiger partial charge < -0.3 is 5.11 Å². The average molecular weight is 446 g/mol. The first-order valence-electron chi connectivity index (χ1n) is 12.3. The van der Waals surface area contributed by atoms with Gasteiger partial charge in [0.1, 0.15) is 5.75 Å². The number of aromatic hydroxyl groups is 1. The molecule has 3 aliphatic rings. The van der Waals surface area contributed by atoms with Crippen LogP contribution in [0.25, 0.3) is 0 Å². The average Bonchev–Trinajstić information content (AvgIpc) is 2.77. The van der Waals surface area contributed by atoms with E-state index in [1.165, 1.54) is 21.6 Å². The van der Waals surface area contributed by atoms with Gasteiger partial charge in [0.25, 0.3) is 0 Å². The number of nitrogens with zero attached hydrogens (tertiary/aromatic N) is 1. The fourth-order valence-corrected chi connectivity index (χ4v) is 6.70. The molecule has 0 spiro atoms. The predicted molar refractivity (Wildman–Crippen MR) is 129 cm³/mol. The summed E-state index contributed by atoms with van der Waals surface area (Å²) in [5, 5.41) is 9.89. The molecule has 4 nitrogen and oxygen atoms in total. The molecule has 2 aliphatic carbocycles. The highest BCUT2D eigenvalue weighted by molar-refractivity contribution is 6.01. The van der Waals surface area contributed by atoms with Crippen molar-refractivity contribution in [1.82, 2.24) is 4.90 Å². The van der Waals surface area contributed by atoms with E-state index in [1.54, 1.807) is 6.07 Å². The van der Waals surface area contributed by atoms with Gasteiger partial charge in [-0.2, -0.15) is 0 Å². The topological polar surface area (TPSA) is 57.6 Å². The summed E-state index contributed by atoms with van der Waals surface area (Å²) in [5.74, 6) is 1.13. The first-order chi connectivity index (χ1) is 15.6. The Kier molecular flexibility index (Phi) is 5.19. The van der Waals surface area contributed by atoms with Gasteiger partial charge in [-0.25, -0.2) is 0 Å². The number of phenols is 1. The molecule has 0 aromatic heterocycles. The summed E-state index contributed by atoms with van der Waals surface area (Å²) in [4.78, 5) is 28.6. The lowest BCUT2D eigenvalue weighted by Gasteiger charge is -2.54. The summed E-state index contributed by atoms with van der Waals surface area (Å²) in [6, 6.07) is 14.1. The van der Waals surface area contributed by atoms with E-state index in [1.807, 2.05) is 6.07 Å². The van der Waals surface area contributed by atoms with Crippen molar-refractivity contribution in [2.75, 3.05) is 0 Å². The Balaban J connectivity index is 1.38. The molecule has 5 rings (SSSR count). The van der Waals surface area contributed by atoms with Crippen molar-refractivity contribution in [2.45, 2.75) is 77.7 Å². The van der Waals surface area contributed by atoms with Gasteiger partial charge in [-0.15, -0.1) is 0 Å². The smallest absolute Gasteiger partial charge is 0.235 e. The summed E-state index contributed by atoms with van der Waals surface area (Å²) in [7, 11) is 0. The van der Waals surface area contributed by atoms with Crippen molar-refractivity contribution in [3.05, 3.63) is 64.7 Å². The van der Waals surface area contributed by atoms with Gasteiger partial charge in [0.05, 0.1) is 12.0 Å². The number of aryl methyl sites for hydroxylation is 1. The molecule has 3 unspecified atom stereocenters. The van der Waals surface area contributed by atoms with Gasteiger partial charge >= 0.3 is 0 Å². The van der Waals surface area contributed by atoms with Crippen LogP contribution in [0.2, 0.25) is 0 Å². The molecule has 2 aromatic carbocycles. The van der Waals surface area contributed by atoms with Crippen molar-refractivity contribution in [2.24, 2.45) is 17.3 Å². The highest BCUT2D eigenvalue weighted by Crippen LogP contribution is 2.58. The SMILES string of the molecule is CC(C)(C)c1ccc(CN2C(=O)CC3C4CCc5cc(O)ccc5C4CC[C@]3(C)C2=O)cc1. The quantitative estimate of drug-likeness (QED) is 0.602. The Labute approximate surface area is 197 Å². The lowest BCUT2D eigenvalue weighted by Crippen LogP contribution is -2.58. The van der Waals surface area contributed by atoms with Gasteiger partial charge in [-0.05, 0) is 83.2 Å². The molecule has 33 heavy (non-hydrogen) atoms. The maximum Gasteiger partial charge on any atom is 0.235 e. The van der Waals surface area contributed by atoms with Crippen molar-refractivity contribution in [3.8, 4) is 5.75 Å². The van der Waals surface area contributed by atoms with Crippen LogP contribution >= 0.6 is 0 Å². The van der Waals surface area contributed by atoms with Gasteiger partial charge in [0.15, 0.2) is 0 Å². The number of phenolic OH excluding ortho intramolecular Hbond substituents is 1. The Morgan fingerprint density at radius 3 is 2.48 bits per heavy atom. The summed E-state index contributed by atoms with van der Waals surface area (Å²) in [6.45, 7) is 9.02. The number of rotatable bonds is 2. The third kappa shape index (κ3) is 3.68. The molecule has 4 heteroatoms. The molecular formula is C29H35NO3. The summed E-state index contributed by atoms with van der Waals surface area (Å²) < 4.78 is 0. The summed E-state index contributed by atoms with van der Waals surface area (Å²) in [6.07, 6.45) is 4.12. The molecule has 1 N–H and O–H groups in total. The van der Waals surface area contributed by atoms with Crippen LogP contribution in [0.1, 0.15) is 81.5 Å². The number of carbonyl (C=O) groups excluding carboxylic acids is 2. The molecule has 1 saturated heterocycles. The summed E-state index contributed by atoms with van der Waals surface area (Å²) >= 11 is 0. The van der Waals surface area contributed by atoms with E-state index in [-0.39, 0.29) is 23.1 Å². The number of benzene rings is 2. The van der Waals surface area contributed by atoms with Crippen molar-refractivity contribution in [3.63, 3.8) is 0 Å². The number of hydrogen-bond acceptors (Lipinski definition) is 3. The van der Waals surface area contributed by atoms with Crippen LogP contribution in [-0.4, -0.2) is 21.8 Å². The van der Waals surface area contributed by atoms with Crippen LogP contribution < -0.4 is 0 Å². The molecule has 2 aromatic rings.